The van der Waals surface area contributed by atoms with E-state index in [9.17, 15) is 22.8 Å². The molecule has 0 saturated carbocycles. The minimum atomic E-state index is -5.09. The van der Waals surface area contributed by atoms with Gasteiger partial charge in [0.1, 0.15) is 0 Å². The fourth-order valence-electron chi connectivity index (χ4n) is 0.851. The molecule has 1 aromatic carbocycles. The van der Waals surface area contributed by atoms with Crippen LogP contribution in [0.5, 0.6) is 0 Å². The van der Waals surface area contributed by atoms with Crippen molar-refractivity contribution in [1.82, 2.24) is 0 Å². The number of carbonyl (C=O) groups excluding carboxylic acids is 2. The number of hydrogen-bond donors (Lipinski definition) is 0. The Bertz CT molecular complexity index is 550. The highest BCUT2D eigenvalue weighted by molar-refractivity contribution is 14.1. The van der Waals surface area contributed by atoms with Crippen molar-refractivity contribution in [2.45, 2.75) is 20.0 Å². The molecule has 0 N–H and O–H groups in total. The van der Waals surface area contributed by atoms with Gasteiger partial charge in [0, 0.05) is 10.5 Å². The molecule has 0 bridgehead atoms. The lowest BCUT2D eigenvalue weighted by Crippen LogP contribution is -2.26. The maximum atomic E-state index is 11.2. The average molecular weight is 399 g/mol. The van der Waals surface area contributed by atoms with Gasteiger partial charge in [-0.3, -0.25) is 4.79 Å². The van der Waals surface area contributed by atoms with Gasteiger partial charge < -0.3 is 4.74 Å². The molecule has 0 aromatic heterocycles. The molecule has 0 unspecified atom stereocenters. The van der Waals surface area contributed by atoms with E-state index in [4.69, 9.17) is 5.26 Å². The number of halogens is 4. The predicted octanol–water partition coefficient (Wildman–Crippen LogP) is 3.11. The zero-order valence-corrected chi connectivity index (χ0v) is 12.6. The Labute approximate surface area is 126 Å². The highest BCUT2D eigenvalue weighted by atomic mass is 127. The van der Waals surface area contributed by atoms with Crippen molar-refractivity contribution < 1.29 is 27.5 Å². The van der Waals surface area contributed by atoms with E-state index in [2.05, 4.69) is 33.4 Å². The molecule has 0 amide bonds. The molecule has 0 atom stereocenters. The van der Waals surface area contributed by atoms with Gasteiger partial charge in [-0.25, -0.2) is 4.79 Å². The van der Waals surface area contributed by atoms with Gasteiger partial charge in [-0.2, -0.15) is 18.4 Å². The molecule has 0 saturated heterocycles. The quantitative estimate of drug-likeness (QED) is 0.382. The number of rotatable bonds is 0. The van der Waals surface area contributed by atoms with Crippen molar-refractivity contribution in [3.05, 3.63) is 32.9 Å². The van der Waals surface area contributed by atoms with Gasteiger partial charge in [-0.15, -0.1) is 0 Å². The summed E-state index contributed by atoms with van der Waals surface area (Å²) in [5, 5.41) is 8.50. The number of nitrogens with zero attached hydrogens (tertiary/aromatic N) is 1. The Morgan fingerprint density at radius 3 is 2.20 bits per heavy atom. The van der Waals surface area contributed by atoms with E-state index in [0.717, 1.165) is 9.13 Å². The summed E-state index contributed by atoms with van der Waals surface area (Å²) in [6, 6.07) is 7.76. The second-order valence-corrected chi connectivity index (χ2v) is 4.62. The molecule has 0 heterocycles. The summed E-state index contributed by atoms with van der Waals surface area (Å²) in [5.41, 5.74) is 1.95. The van der Waals surface area contributed by atoms with Gasteiger partial charge >= 0.3 is 18.1 Å². The molecule has 0 aliphatic rings. The molecule has 0 radical (unpaired) electrons. The van der Waals surface area contributed by atoms with Gasteiger partial charge in [-0.05, 0) is 47.2 Å². The van der Waals surface area contributed by atoms with Crippen LogP contribution in [0.25, 0.3) is 0 Å². The number of ether oxygens (including phenoxy) is 1. The molecule has 1 rings (SSSR count). The van der Waals surface area contributed by atoms with Crippen LogP contribution in [0.1, 0.15) is 18.1 Å². The van der Waals surface area contributed by atoms with E-state index in [0.29, 0.717) is 6.92 Å². The van der Waals surface area contributed by atoms with Crippen LogP contribution in [0.15, 0.2) is 18.2 Å². The van der Waals surface area contributed by atoms with Gasteiger partial charge in [0.15, 0.2) is 0 Å². The van der Waals surface area contributed by atoms with Crippen molar-refractivity contribution in [2.75, 3.05) is 0 Å². The third kappa shape index (κ3) is 7.08. The molecular formula is C12H9F3INO3. The Kier molecular flexibility index (Phi) is 7.20. The highest BCUT2D eigenvalue weighted by Gasteiger charge is 2.41. The SMILES string of the molecule is CC(=O)OC(=O)C(F)(F)F.Cc1ccc(C#N)cc1I. The normalized spacial score (nSPS) is 9.85. The molecule has 108 valence electrons. The second kappa shape index (κ2) is 7.84. The third-order valence-electron chi connectivity index (χ3n) is 1.77. The van der Waals surface area contributed by atoms with Gasteiger partial charge in [0.05, 0.1) is 11.6 Å². The number of nitriles is 1. The van der Waals surface area contributed by atoms with Crippen LogP contribution in [0, 0.1) is 21.8 Å². The number of hydrogen-bond acceptors (Lipinski definition) is 4. The lowest BCUT2D eigenvalue weighted by Gasteiger charge is -2.01. The standard InChI is InChI=1S/C8H6IN.C4H3F3O3/c1-6-2-3-7(5-10)4-8(6)9;1-2(8)10-3(9)4(5,6)7/h2-4H,1H3;1H3. The zero-order valence-electron chi connectivity index (χ0n) is 10.4. The largest absolute Gasteiger partial charge is 0.491 e. The van der Waals surface area contributed by atoms with E-state index in [1.807, 2.05) is 25.1 Å². The van der Waals surface area contributed by atoms with Crippen molar-refractivity contribution in [3.63, 3.8) is 0 Å². The van der Waals surface area contributed by atoms with Crippen LogP contribution in [0.2, 0.25) is 0 Å². The molecular weight excluding hydrogens is 390 g/mol. The molecule has 20 heavy (non-hydrogen) atoms. The monoisotopic (exact) mass is 399 g/mol. The molecule has 8 heteroatoms. The Morgan fingerprint density at radius 1 is 1.35 bits per heavy atom. The lowest BCUT2D eigenvalue weighted by atomic mass is 10.2. The van der Waals surface area contributed by atoms with Crippen LogP contribution in [-0.2, 0) is 14.3 Å². The van der Waals surface area contributed by atoms with E-state index in [1.165, 1.54) is 5.56 Å². The molecule has 0 fully saturated rings. The smallest absolute Gasteiger partial charge is 0.387 e. The zero-order chi connectivity index (χ0) is 15.9. The summed E-state index contributed by atoms with van der Waals surface area (Å²) in [6.07, 6.45) is -5.09. The molecule has 0 aliphatic carbocycles. The van der Waals surface area contributed by atoms with Crippen LogP contribution in [-0.4, -0.2) is 18.1 Å². The number of esters is 2. The Balaban J connectivity index is 0.000000361. The van der Waals surface area contributed by atoms with E-state index in [1.54, 1.807) is 0 Å². The summed E-state index contributed by atoms with van der Waals surface area (Å²) < 4.78 is 37.9. The first kappa shape index (κ1) is 18.4. The summed E-state index contributed by atoms with van der Waals surface area (Å²) in [6.45, 7) is 2.74. The van der Waals surface area contributed by atoms with Crippen LogP contribution in [0.4, 0.5) is 13.2 Å². The topological polar surface area (TPSA) is 67.2 Å². The summed E-state index contributed by atoms with van der Waals surface area (Å²) >= 11 is 2.22. The summed E-state index contributed by atoms with van der Waals surface area (Å²) in [5.74, 6) is -3.76. The van der Waals surface area contributed by atoms with Crippen LogP contribution < -0.4 is 0 Å². The summed E-state index contributed by atoms with van der Waals surface area (Å²) in [4.78, 5) is 19.5. The van der Waals surface area contributed by atoms with Crippen LogP contribution in [0.3, 0.4) is 0 Å². The van der Waals surface area contributed by atoms with Gasteiger partial charge in [-0.1, -0.05) is 6.07 Å². The van der Waals surface area contributed by atoms with E-state index < -0.39 is 18.1 Å². The van der Waals surface area contributed by atoms with Gasteiger partial charge in [0.25, 0.3) is 0 Å². The molecule has 1 aromatic rings. The lowest BCUT2D eigenvalue weighted by molar-refractivity contribution is -0.201. The maximum absolute atomic E-state index is 11.2. The highest BCUT2D eigenvalue weighted by Crippen LogP contribution is 2.16. The molecule has 0 spiro atoms. The van der Waals surface area contributed by atoms with E-state index in [-0.39, 0.29) is 0 Å². The first-order chi connectivity index (χ1) is 9.07. The first-order valence-electron chi connectivity index (χ1n) is 5.03. The Hall–Kier alpha value is -1.63. The maximum Gasteiger partial charge on any atom is 0.491 e. The van der Waals surface area contributed by atoms with Crippen molar-refractivity contribution >= 4 is 34.5 Å². The predicted molar refractivity (Wildman–Crippen MR) is 71.4 cm³/mol. The minimum Gasteiger partial charge on any atom is -0.387 e. The van der Waals surface area contributed by atoms with Crippen molar-refractivity contribution in [2.24, 2.45) is 0 Å². The number of carbonyl (C=O) groups is 2. The Morgan fingerprint density at radius 2 is 1.90 bits per heavy atom. The molecule has 4 nitrogen and oxygen atoms in total. The fraction of sp³-hybridized carbons (Fsp3) is 0.250. The fourth-order valence-corrected chi connectivity index (χ4v) is 1.37. The van der Waals surface area contributed by atoms with Crippen molar-refractivity contribution in [1.29, 1.82) is 5.26 Å². The molecule has 0 aliphatic heterocycles. The second-order valence-electron chi connectivity index (χ2n) is 3.45. The third-order valence-corrected chi connectivity index (χ3v) is 2.93. The van der Waals surface area contributed by atoms with E-state index >= 15 is 0 Å². The average Bonchev–Trinajstić information content (AvgIpc) is 2.31. The summed E-state index contributed by atoms with van der Waals surface area (Å²) in [7, 11) is 0. The number of benzene rings is 1. The number of alkyl halides is 3. The van der Waals surface area contributed by atoms with Crippen LogP contribution >= 0.6 is 22.6 Å². The van der Waals surface area contributed by atoms with Gasteiger partial charge in [0.2, 0.25) is 0 Å². The van der Waals surface area contributed by atoms with Crippen molar-refractivity contribution in [3.8, 4) is 6.07 Å². The number of aryl methyl sites for hydroxylation is 1. The minimum absolute atomic E-state index is 0.712. The first-order valence-corrected chi connectivity index (χ1v) is 6.11.